The van der Waals surface area contributed by atoms with Crippen molar-refractivity contribution < 1.29 is 9.90 Å². The minimum atomic E-state index is 0.222. The fourth-order valence-electron chi connectivity index (χ4n) is 1.28. The zero-order valence-electron chi connectivity index (χ0n) is 7.41. The van der Waals surface area contributed by atoms with Crippen LogP contribution < -0.4 is 0 Å². The molecule has 1 saturated heterocycles. The third-order valence-electron chi connectivity index (χ3n) is 1.91. The van der Waals surface area contributed by atoms with Gasteiger partial charge in [0.15, 0.2) is 0 Å². The molecule has 1 N–H and O–H groups in total. The van der Waals surface area contributed by atoms with Gasteiger partial charge < -0.3 is 10.0 Å². The Morgan fingerprint density at radius 1 is 1.62 bits per heavy atom. The highest BCUT2D eigenvalue weighted by atomic mass is 79.9. The number of aliphatic hydroxyl groups excluding tert-OH is 1. The Bertz CT molecular complexity index is 180. The Kier molecular flexibility index (Phi) is 5.13. The molecule has 76 valence electrons. The van der Waals surface area contributed by atoms with Crippen molar-refractivity contribution in [3.63, 3.8) is 0 Å². The van der Waals surface area contributed by atoms with Crippen molar-refractivity contribution in [2.75, 3.05) is 31.2 Å². The molecule has 1 rings (SSSR count). The number of nitrogens with zero attached hydrogens (tertiary/aromatic N) is 1. The van der Waals surface area contributed by atoms with E-state index >= 15 is 0 Å². The van der Waals surface area contributed by atoms with E-state index in [1.54, 1.807) is 11.8 Å². The Labute approximate surface area is 91.0 Å². The third-order valence-corrected chi connectivity index (χ3v) is 3.46. The van der Waals surface area contributed by atoms with Crippen molar-refractivity contribution >= 4 is 33.6 Å². The van der Waals surface area contributed by atoms with E-state index in [1.165, 1.54) is 0 Å². The van der Waals surface area contributed by atoms with Crippen LogP contribution in [0.2, 0.25) is 0 Å². The molecule has 0 aromatic carbocycles. The smallest absolute Gasteiger partial charge is 0.223 e. The first-order chi connectivity index (χ1) is 6.24. The molecule has 1 fully saturated rings. The van der Waals surface area contributed by atoms with E-state index in [1.807, 2.05) is 4.90 Å². The fourth-order valence-corrected chi connectivity index (χ4v) is 2.59. The van der Waals surface area contributed by atoms with Gasteiger partial charge in [0, 0.05) is 35.8 Å². The lowest BCUT2D eigenvalue weighted by Gasteiger charge is -2.14. The highest BCUT2D eigenvalue weighted by Gasteiger charge is 2.26. The molecule has 3 nitrogen and oxygen atoms in total. The topological polar surface area (TPSA) is 40.5 Å². The summed E-state index contributed by atoms with van der Waals surface area (Å²) in [6, 6.07) is 0. The van der Waals surface area contributed by atoms with Crippen molar-refractivity contribution in [3.8, 4) is 0 Å². The molecule has 1 heterocycles. The first-order valence-electron chi connectivity index (χ1n) is 4.34. The minimum Gasteiger partial charge on any atom is -0.396 e. The van der Waals surface area contributed by atoms with Crippen LogP contribution in [0, 0.1) is 0 Å². The van der Waals surface area contributed by atoms with Gasteiger partial charge in [0.25, 0.3) is 0 Å². The Hall–Kier alpha value is 0.260. The summed E-state index contributed by atoms with van der Waals surface area (Å²) in [5, 5.41) is 8.54. The van der Waals surface area contributed by atoms with Gasteiger partial charge in [0.05, 0.1) is 6.61 Å². The molecular weight excluding hydrogens is 254 g/mol. The number of amides is 1. The number of halogens is 1. The van der Waals surface area contributed by atoms with E-state index in [2.05, 4.69) is 15.9 Å². The second kappa shape index (κ2) is 5.88. The molecule has 0 radical (unpaired) electrons. The van der Waals surface area contributed by atoms with Crippen LogP contribution in [0.15, 0.2) is 0 Å². The summed E-state index contributed by atoms with van der Waals surface area (Å²) in [5.41, 5.74) is 0. The maximum atomic E-state index is 11.3. The number of carbonyl (C=O) groups is 1. The van der Waals surface area contributed by atoms with E-state index in [9.17, 15) is 4.79 Å². The minimum absolute atomic E-state index is 0.222. The summed E-state index contributed by atoms with van der Waals surface area (Å²) in [4.78, 5) is 13.5. The molecule has 1 aliphatic heterocycles. The maximum Gasteiger partial charge on any atom is 0.223 e. The van der Waals surface area contributed by atoms with Crippen LogP contribution in [0.3, 0.4) is 0 Å². The average Bonchev–Trinajstić information content (AvgIpc) is 2.39. The third kappa shape index (κ3) is 3.87. The predicted octanol–water partition coefficient (Wildman–Crippen LogP) is 0.708. The second-order valence-corrected chi connectivity index (χ2v) is 5.50. The summed E-state index contributed by atoms with van der Waals surface area (Å²) >= 11 is 5.12. The number of likely N-dealkylation sites (tertiary alicyclic amines) is 1. The van der Waals surface area contributed by atoms with Gasteiger partial charge in [0.1, 0.15) is 0 Å². The van der Waals surface area contributed by atoms with E-state index in [0.717, 1.165) is 24.6 Å². The van der Waals surface area contributed by atoms with Crippen LogP contribution in [0.25, 0.3) is 0 Å². The van der Waals surface area contributed by atoms with E-state index in [4.69, 9.17) is 5.11 Å². The molecule has 0 aromatic heterocycles. The van der Waals surface area contributed by atoms with Crippen molar-refractivity contribution in [2.45, 2.75) is 11.2 Å². The standard InChI is InChI=1S/C8H14BrNO2S/c9-7-5-8(12)10(6-7)1-3-13-4-2-11/h7,11H,1-6H2. The van der Waals surface area contributed by atoms with Crippen molar-refractivity contribution in [2.24, 2.45) is 0 Å². The second-order valence-electron chi connectivity index (χ2n) is 2.98. The molecule has 1 atom stereocenters. The number of hydrogen-bond donors (Lipinski definition) is 1. The number of alkyl halides is 1. The molecule has 0 aromatic rings. The Balaban J connectivity index is 2.11. The van der Waals surface area contributed by atoms with Crippen molar-refractivity contribution in [1.82, 2.24) is 4.90 Å². The fraction of sp³-hybridized carbons (Fsp3) is 0.875. The summed E-state index contributed by atoms with van der Waals surface area (Å²) in [6.45, 7) is 1.86. The molecule has 0 spiro atoms. The molecule has 0 saturated carbocycles. The van der Waals surface area contributed by atoms with Crippen LogP contribution >= 0.6 is 27.7 Å². The summed E-state index contributed by atoms with van der Waals surface area (Å²) < 4.78 is 0. The molecule has 0 aliphatic carbocycles. The molecule has 13 heavy (non-hydrogen) atoms. The predicted molar refractivity (Wildman–Crippen MR) is 58.3 cm³/mol. The lowest BCUT2D eigenvalue weighted by Crippen LogP contribution is -2.27. The van der Waals surface area contributed by atoms with Gasteiger partial charge in [-0.2, -0.15) is 11.8 Å². The SMILES string of the molecule is O=C1CC(Br)CN1CCSCCO. The van der Waals surface area contributed by atoms with Gasteiger partial charge in [0.2, 0.25) is 5.91 Å². The average molecular weight is 268 g/mol. The van der Waals surface area contributed by atoms with Gasteiger partial charge in [-0.1, -0.05) is 15.9 Å². The number of carbonyl (C=O) groups excluding carboxylic acids is 1. The van der Waals surface area contributed by atoms with E-state index in [0.29, 0.717) is 11.2 Å². The largest absolute Gasteiger partial charge is 0.396 e. The quantitative estimate of drug-likeness (QED) is 0.589. The summed E-state index contributed by atoms with van der Waals surface area (Å²) in [7, 11) is 0. The molecule has 1 amide bonds. The van der Waals surface area contributed by atoms with Crippen molar-refractivity contribution in [3.05, 3.63) is 0 Å². The lowest BCUT2D eigenvalue weighted by atomic mass is 10.4. The molecule has 1 aliphatic rings. The monoisotopic (exact) mass is 267 g/mol. The normalized spacial score (nSPS) is 22.8. The molecule has 5 heteroatoms. The van der Waals surface area contributed by atoms with E-state index < -0.39 is 0 Å². The van der Waals surface area contributed by atoms with Gasteiger partial charge in [-0.25, -0.2) is 0 Å². The van der Waals surface area contributed by atoms with Gasteiger partial charge in [-0.15, -0.1) is 0 Å². The van der Waals surface area contributed by atoms with Gasteiger partial charge in [-0.05, 0) is 0 Å². The zero-order chi connectivity index (χ0) is 9.68. The Morgan fingerprint density at radius 3 is 2.92 bits per heavy atom. The first-order valence-corrected chi connectivity index (χ1v) is 6.41. The molecule has 0 bridgehead atoms. The van der Waals surface area contributed by atoms with Crippen molar-refractivity contribution in [1.29, 1.82) is 0 Å². The van der Waals surface area contributed by atoms with Gasteiger partial charge in [-0.3, -0.25) is 4.79 Å². The number of thioether (sulfide) groups is 1. The highest BCUT2D eigenvalue weighted by molar-refractivity contribution is 9.09. The first kappa shape index (κ1) is 11.3. The highest BCUT2D eigenvalue weighted by Crippen LogP contribution is 2.18. The number of hydrogen-bond acceptors (Lipinski definition) is 3. The van der Waals surface area contributed by atoms with Crippen LogP contribution in [-0.4, -0.2) is 51.9 Å². The van der Waals surface area contributed by atoms with E-state index in [-0.39, 0.29) is 12.5 Å². The van der Waals surface area contributed by atoms with Crippen LogP contribution in [0.5, 0.6) is 0 Å². The van der Waals surface area contributed by atoms with Crippen LogP contribution in [-0.2, 0) is 4.79 Å². The summed E-state index contributed by atoms with van der Waals surface area (Å²) in [6.07, 6.45) is 0.630. The lowest BCUT2D eigenvalue weighted by molar-refractivity contribution is -0.127. The Morgan fingerprint density at radius 2 is 2.38 bits per heavy atom. The number of rotatable bonds is 5. The maximum absolute atomic E-state index is 11.3. The molecular formula is C8H14BrNO2S. The number of aliphatic hydroxyl groups is 1. The van der Waals surface area contributed by atoms with Crippen LogP contribution in [0.1, 0.15) is 6.42 Å². The zero-order valence-corrected chi connectivity index (χ0v) is 9.81. The van der Waals surface area contributed by atoms with Gasteiger partial charge >= 0.3 is 0 Å². The summed E-state index contributed by atoms with van der Waals surface area (Å²) in [5.74, 6) is 1.93. The molecule has 1 unspecified atom stereocenters. The van der Waals surface area contributed by atoms with Crippen LogP contribution in [0.4, 0.5) is 0 Å².